The summed E-state index contributed by atoms with van der Waals surface area (Å²) in [6.45, 7) is 10.3. The van der Waals surface area contributed by atoms with E-state index >= 15 is 0 Å². The maximum absolute atomic E-state index is 13.2. The number of aromatic nitrogens is 4. The Labute approximate surface area is 198 Å². The standard InChI is InChI=1S/C28H28N4O2/c1-6-21-9-13-23(14-10-21)32-28-26(19(4)30-32)18(3)15-25(33)31(28)16-24-20(5)34-27(29-24)22-11-7-17(2)8-12-22/h7-15H,6,16H2,1-5H3. The number of hydrogen-bond acceptors (Lipinski definition) is 4. The molecule has 0 spiro atoms. The molecule has 0 unspecified atom stereocenters. The van der Waals surface area contributed by atoms with Crippen LogP contribution in [0.2, 0.25) is 0 Å². The third kappa shape index (κ3) is 3.75. The van der Waals surface area contributed by atoms with Crippen LogP contribution in [0.15, 0.2) is 63.8 Å². The first-order valence-corrected chi connectivity index (χ1v) is 11.6. The van der Waals surface area contributed by atoms with E-state index < -0.39 is 0 Å². The van der Waals surface area contributed by atoms with Crippen molar-refractivity contribution in [1.29, 1.82) is 0 Å². The Balaban J connectivity index is 1.65. The Morgan fingerprint density at radius 2 is 1.65 bits per heavy atom. The highest BCUT2D eigenvalue weighted by atomic mass is 16.4. The molecular formula is C28H28N4O2. The van der Waals surface area contributed by atoms with Gasteiger partial charge in [0.1, 0.15) is 17.1 Å². The maximum Gasteiger partial charge on any atom is 0.252 e. The Kier molecular flexibility index (Phi) is 5.44. The Morgan fingerprint density at radius 3 is 2.32 bits per heavy atom. The molecular weight excluding hydrogens is 424 g/mol. The van der Waals surface area contributed by atoms with Crippen LogP contribution in [-0.2, 0) is 13.0 Å². The molecule has 0 amide bonds. The summed E-state index contributed by atoms with van der Waals surface area (Å²) in [4.78, 5) is 18.0. The van der Waals surface area contributed by atoms with E-state index in [0.29, 0.717) is 18.2 Å². The zero-order chi connectivity index (χ0) is 24.0. The van der Waals surface area contributed by atoms with Gasteiger partial charge in [0, 0.05) is 17.0 Å². The quantitative estimate of drug-likeness (QED) is 0.344. The van der Waals surface area contributed by atoms with Crippen molar-refractivity contribution >= 4 is 11.0 Å². The first kappa shape index (κ1) is 21.9. The second kappa shape index (κ2) is 8.45. The molecule has 0 saturated carbocycles. The van der Waals surface area contributed by atoms with Gasteiger partial charge in [-0.05, 0) is 69.5 Å². The normalized spacial score (nSPS) is 11.4. The van der Waals surface area contributed by atoms with Crippen molar-refractivity contribution in [2.75, 3.05) is 0 Å². The van der Waals surface area contributed by atoms with Gasteiger partial charge >= 0.3 is 0 Å². The van der Waals surface area contributed by atoms with Crippen LogP contribution >= 0.6 is 0 Å². The molecule has 6 heteroatoms. The number of nitrogens with zero attached hydrogens (tertiary/aromatic N) is 4. The molecule has 3 heterocycles. The van der Waals surface area contributed by atoms with Crippen molar-refractivity contribution in [1.82, 2.24) is 19.3 Å². The van der Waals surface area contributed by atoms with E-state index in [1.165, 1.54) is 11.1 Å². The van der Waals surface area contributed by atoms with E-state index in [4.69, 9.17) is 14.5 Å². The number of benzene rings is 2. The van der Waals surface area contributed by atoms with Crippen LogP contribution in [0, 0.1) is 27.7 Å². The van der Waals surface area contributed by atoms with Crippen molar-refractivity contribution in [2.24, 2.45) is 0 Å². The fourth-order valence-electron chi connectivity index (χ4n) is 4.42. The second-order valence-corrected chi connectivity index (χ2v) is 8.86. The van der Waals surface area contributed by atoms with Crippen molar-refractivity contribution < 1.29 is 4.42 Å². The number of aryl methyl sites for hydroxylation is 5. The van der Waals surface area contributed by atoms with E-state index in [1.54, 1.807) is 10.6 Å². The van der Waals surface area contributed by atoms with Crippen LogP contribution in [0.5, 0.6) is 0 Å². The number of hydrogen-bond donors (Lipinski definition) is 0. The highest BCUT2D eigenvalue weighted by molar-refractivity contribution is 5.83. The minimum atomic E-state index is -0.0874. The minimum Gasteiger partial charge on any atom is -0.441 e. The fraction of sp³-hybridized carbons (Fsp3) is 0.250. The second-order valence-electron chi connectivity index (χ2n) is 8.86. The molecule has 6 nitrogen and oxygen atoms in total. The summed E-state index contributed by atoms with van der Waals surface area (Å²) >= 11 is 0. The summed E-state index contributed by atoms with van der Waals surface area (Å²) in [5.41, 5.74) is 7.49. The summed E-state index contributed by atoms with van der Waals surface area (Å²) in [5, 5.41) is 5.80. The molecule has 5 rings (SSSR count). The third-order valence-electron chi connectivity index (χ3n) is 6.38. The summed E-state index contributed by atoms with van der Waals surface area (Å²) < 4.78 is 9.60. The van der Waals surface area contributed by atoms with Crippen molar-refractivity contribution in [3.05, 3.63) is 98.8 Å². The number of rotatable bonds is 5. The Bertz CT molecular complexity index is 1550. The molecule has 0 aliphatic rings. The lowest BCUT2D eigenvalue weighted by Crippen LogP contribution is -2.23. The van der Waals surface area contributed by atoms with Gasteiger partial charge in [0.15, 0.2) is 0 Å². The van der Waals surface area contributed by atoms with Crippen LogP contribution in [0.3, 0.4) is 0 Å². The summed E-state index contributed by atoms with van der Waals surface area (Å²) in [6, 6.07) is 18.1. The van der Waals surface area contributed by atoms with Crippen molar-refractivity contribution in [2.45, 2.75) is 47.6 Å². The van der Waals surface area contributed by atoms with Crippen LogP contribution in [0.25, 0.3) is 28.2 Å². The van der Waals surface area contributed by atoms with Crippen LogP contribution in [0.4, 0.5) is 0 Å². The summed E-state index contributed by atoms with van der Waals surface area (Å²) in [6.07, 6.45) is 0.970. The molecule has 3 aromatic heterocycles. The van der Waals surface area contributed by atoms with E-state index in [9.17, 15) is 4.79 Å². The van der Waals surface area contributed by atoms with Crippen LogP contribution in [0.1, 0.15) is 40.8 Å². The number of fused-ring (bicyclic) bond motifs is 1. The average Bonchev–Trinajstić information content (AvgIpc) is 3.37. The predicted octanol–water partition coefficient (Wildman–Crippen LogP) is 5.69. The molecule has 172 valence electrons. The molecule has 0 fully saturated rings. The number of pyridine rings is 1. The molecule has 0 aliphatic carbocycles. The predicted molar refractivity (Wildman–Crippen MR) is 135 cm³/mol. The topological polar surface area (TPSA) is 65.8 Å². The van der Waals surface area contributed by atoms with Gasteiger partial charge in [-0.25, -0.2) is 9.67 Å². The highest BCUT2D eigenvalue weighted by Gasteiger charge is 2.20. The average molecular weight is 453 g/mol. The molecule has 34 heavy (non-hydrogen) atoms. The van der Waals surface area contributed by atoms with Gasteiger partial charge in [0.05, 0.1) is 17.9 Å². The highest BCUT2D eigenvalue weighted by Crippen LogP contribution is 2.26. The first-order chi connectivity index (χ1) is 16.4. The molecule has 0 atom stereocenters. The maximum atomic E-state index is 13.2. The van der Waals surface area contributed by atoms with E-state index in [1.807, 2.05) is 56.6 Å². The monoisotopic (exact) mass is 452 g/mol. The molecule has 0 radical (unpaired) electrons. The number of oxazole rings is 1. The third-order valence-corrected chi connectivity index (χ3v) is 6.38. The van der Waals surface area contributed by atoms with Gasteiger partial charge in [-0.15, -0.1) is 0 Å². The van der Waals surface area contributed by atoms with Gasteiger partial charge < -0.3 is 4.42 Å². The van der Waals surface area contributed by atoms with Crippen molar-refractivity contribution in [3.63, 3.8) is 0 Å². The minimum absolute atomic E-state index is 0.0874. The largest absolute Gasteiger partial charge is 0.441 e. The molecule has 0 N–H and O–H groups in total. The lowest BCUT2D eigenvalue weighted by atomic mass is 10.1. The fourth-order valence-corrected chi connectivity index (χ4v) is 4.42. The zero-order valence-electron chi connectivity index (χ0n) is 20.2. The summed E-state index contributed by atoms with van der Waals surface area (Å²) in [5.74, 6) is 1.26. The van der Waals surface area contributed by atoms with Crippen LogP contribution in [-0.4, -0.2) is 19.3 Å². The zero-order valence-corrected chi connectivity index (χ0v) is 20.2. The van der Waals surface area contributed by atoms with Gasteiger partial charge in [-0.1, -0.05) is 36.8 Å². The van der Waals surface area contributed by atoms with Gasteiger partial charge in [-0.3, -0.25) is 9.36 Å². The lowest BCUT2D eigenvalue weighted by Gasteiger charge is -2.12. The SMILES string of the molecule is CCc1ccc(-n2nc(C)c3c(C)cc(=O)n(Cc4nc(-c5ccc(C)cc5)oc4C)c32)cc1. The Morgan fingerprint density at radius 1 is 0.941 bits per heavy atom. The first-order valence-electron chi connectivity index (χ1n) is 11.6. The Hall–Kier alpha value is -3.93. The molecule has 0 bridgehead atoms. The molecule has 0 aliphatic heterocycles. The molecule has 2 aromatic carbocycles. The molecule has 0 saturated heterocycles. The smallest absolute Gasteiger partial charge is 0.252 e. The van der Waals surface area contributed by atoms with E-state index in [2.05, 4.69) is 31.2 Å². The van der Waals surface area contributed by atoms with Gasteiger partial charge in [0.25, 0.3) is 5.56 Å². The van der Waals surface area contributed by atoms with Gasteiger partial charge in [-0.2, -0.15) is 5.10 Å². The van der Waals surface area contributed by atoms with Gasteiger partial charge in [0.2, 0.25) is 5.89 Å². The molecule has 5 aromatic rings. The lowest BCUT2D eigenvalue weighted by molar-refractivity contribution is 0.537. The van der Waals surface area contributed by atoms with Crippen molar-refractivity contribution in [3.8, 4) is 17.1 Å². The van der Waals surface area contributed by atoms with E-state index in [-0.39, 0.29) is 5.56 Å². The van der Waals surface area contributed by atoms with E-state index in [0.717, 1.165) is 45.7 Å². The van der Waals surface area contributed by atoms with Crippen LogP contribution < -0.4 is 5.56 Å². The summed E-state index contributed by atoms with van der Waals surface area (Å²) in [7, 11) is 0.